The van der Waals surface area contributed by atoms with Crippen molar-refractivity contribution in [3.05, 3.63) is 41.5 Å². The lowest BCUT2D eigenvalue weighted by atomic mass is 10.2. The van der Waals surface area contributed by atoms with E-state index >= 15 is 0 Å². The first-order valence-corrected chi connectivity index (χ1v) is 5.90. The molecule has 0 unspecified atom stereocenters. The smallest absolute Gasteiger partial charge is 0.255 e. The number of ether oxygens (including phenoxy) is 1. The summed E-state index contributed by atoms with van der Waals surface area (Å²) >= 11 is 0. The molecule has 19 heavy (non-hydrogen) atoms. The number of primary amides is 1. The van der Waals surface area contributed by atoms with E-state index in [1.165, 1.54) is 6.08 Å². The number of hydrogen-bond donors (Lipinski definition) is 2. The second kappa shape index (κ2) is 7.20. The molecule has 0 spiro atoms. The van der Waals surface area contributed by atoms with Crippen LogP contribution in [0.2, 0.25) is 0 Å². The van der Waals surface area contributed by atoms with Crippen molar-refractivity contribution < 1.29 is 14.3 Å². The SMILES string of the molecule is CC(C)=CC(=O)NCc1cccc(OCC(N)=O)c1. The molecule has 0 saturated heterocycles. The normalized spacial score (nSPS) is 9.58. The molecule has 0 bridgehead atoms. The summed E-state index contributed by atoms with van der Waals surface area (Å²) in [5.74, 6) is -0.113. The Kier molecular flexibility index (Phi) is 5.60. The number of carbonyl (C=O) groups excluding carboxylic acids is 2. The van der Waals surface area contributed by atoms with Crippen molar-refractivity contribution in [3.8, 4) is 5.75 Å². The van der Waals surface area contributed by atoms with Crippen molar-refractivity contribution >= 4 is 11.8 Å². The zero-order chi connectivity index (χ0) is 14.3. The van der Waals surface area contributed by atoms with E-state index in [0.717, 1.165) is 11.1 Å². The van der Waals surface area contributed by atoms with Crippen molar-refractivity contribution in [2.24, 2.45) is 5.73 Å². The minimum atomic E-state index is -0.526. The number of amides is 2. The summed E-state index contributed by atoms with van der Waals surface area (Å²) < 4.78 is 5.18. The van der Waals surface area contributed by atoms with Crippen LogP contribution in [0.1, 0.15) is 19.4 Å². The minimum Gasteiger partial charge on any atom is -0.484 e. The van der Waals surface area contributed by atoms with Crippen LogP contribution in [0.3, 0.4) is 0 Å². The van der Waals surface area contributed by atoms with Gasteiger partial charge in [0.2, 0.25) is 5.91 Å². The zero-order valence-corrected chi connectivity index (χ0v) is 11.1. The van der Waals surface area contributed by atoms with Crippen LogP contribution in [-0.4, -0.2) is 18.4 Å². The number of nitrogens with two attached hydrogens (primary N) is 1. The maximum atomic E-state index is 11.4. The second-order valence-corrected chi connectivity index (χ2v) is 4.34. The summed E-state index contributed by atoms with van der Waals surface area (Å²) in [4.78, 5) is 22.1. The van der Waals surface area contributed by atoms with Crippen molar-refractivity contribution in [1.82, 2.24) is 5.32 Å². The Balaban J connectivity index is 2.55. The summed E-state index contributed by atoms with van der Waals surface area (Å²) in [6.45, 7) is 3.96. The molecule has 0 aromatic heterocycles. The van der Waals surface area contributed by atoms with Crippen LogP contribution in [0.5, 0.6) is 5.75 Å². The van der Waals surface area contributed by atoms with Crippen LogP contribution in [0, 0.1) is 0 Å². The molecule has 1 aromatic carbocycles. The van der Waals surface area contributed by atoms with Gasteiger partial charge in [-0.25, -0.2) is 0 Å². The van der Waals surface area contributed by atoms with E-state index in [1.54, 1.807) is 18.2 Å². The lowest BCUT2D eigenvalue weighted by Gasteiger charge is -2.07. The van der Waals surface area contributed by atoms with Gasteiger partial charge in [-0.3, -0.25) is 9.59 Å². The highest BCUT2D eigenvalue weighted by Crippen LogP contribution is 2.13. The molecule has 0 aliphatic heterocycles. The van der Waals surface area contributed by atoms with E-state index in [-0.39, 0.29) is 12.5 Å². The van der Waals surface area contributed by atoms with Gasteiger partial charge < -0.3 is 15.8 Å². The molecule has 2 amide bonds. The fourth-order valence-corrected chi connectivity index (χ4v) is 1.40. The van der Waals surface area contributed by atoms with Gasteiger partial charge in [0, 0.05) is 12.6 Å². The Labute approximate surface area is 112 Å². The fourth-order valence-electron chi connectivity index (χ4n) is 1.40. The average Bonchev–Trinajstić information content (AvgIpc) is 2.34. The molecule has 0 saturated carbocycles. The Morgan fingerprint density at radius 2 is 2.11 bits per heavy atom. The molecule has 3 N–H and O–H groups in total. The zero-order valence-electron chi connectivity index (χ0n) is 11.1. The van der Waals surface area contributed by atoms with Crippen LogP contribution >= 0.6 is 0 Å². The van der Waals surface area contributed by atoms with Crippen LogP contribution < -0.4 is 15.8 Å². The summed E-state index contributed by atoms with van der Waals surface area (Å²) in [6, 6.07) is 7.13. The summed E-state index contributed by atoms with van der Waals surface area (Å²) in [7, 11) is 0. The number of nitrogens with one attached hydrogen (secondary N) is 1. The van der Waals surface area contributed by atoms with Crippen molar-refractivity contribution in [2.75, 3.05) is 6.61 Å². The maximum absolute atomic E-state index is 11.4. The molecule has 1 rings (SSSR count). The van der Waals surface area contributed by atoms with Gasteiger partial charge in [-0.15, -0.1) is 0 Å². The quantitative estimate of drug-likeness (QED) is 0.754. The van der Waals surface area contributed by atoms with E-state index < -0.39 is 5.91 Å². The predicted octanol–water partition coefficient (Wildman–Crippen LogP) is 1.13. The topological polar surface area (TPSA) is 81.4 Å². The summed E-state index contributed by atoms with van der Waals surface area (Å²) in [5.41, 5.74) is 6.82. The Bertz CT molecular complexity index is 491. The first-order valence-electron chi connectivity index (χ1n) is 5.90. The number of carbonyl (C=O) groups is 2. The van der Waals surface area contributed by atoms with Crippen molar-refractivity contribution in [1.29, 1.82) is 0 Å². The Morgan fingerprint density at radius 3 is 2.74 bits per heavy atom. The van der Waals surface area contributed by atoms with Crippen LogP contribution in [0.4, 0.5) is 0 Å². The van der Waals surface area contributed by atoms with E-state index in [0.29, 0.717) is 12.3 Å². The number of rotatable bonds is 6. The molecule has 1 aromatic rings. The number of hydrogen-bond acceptors (Lipinski definition) is 3. The minimum absolute atomic E-state index is 0.136. The van der Waals surface area contributed by atoms with E-state index in [2.05, 4.69) is 5.32 Å². The maximum Gasteiger partial charge on any atom is 0.255 e. The van der Waals surface area contributed by atoms with Gasteiger partial charge in [-0.2, -0.15) is 0 Å². The molecule has 0 aliphatic rings. The average molecular weight is 262 g/mol. The third-order valence-electron chi connectivity index (χ3n) is 2.17. The molecule has 0 heterocycles. The molecular weight excluding hydrogens is 244 g/mol. The van der Waals surface area contributed by atoms with Crippen LogP contribution in [0.25, 0.3) is 0 Å². The highest BCUT2D eigenvalue weighted by Gasteiger charge is 2.01. The van der Waals surface area contributed by atoms with Gasteiger partial charge >= 0.3 is 0 Å². The molecule has 0 fully saturated rings. The number of allylic oxidation sites excluding steroid dienone is 1. The third kappa shape index (κ3) is 6.26. The molecule has 0 atom stereocenters. The number of benzene rings is 1. The molecule has 0 radical (unpaired) electrons. The molecule has 102 valence electrons. The molecule has 5 heteroatoms. The van der Waals surface area contributed by atoms with Gasteiger partial charge in [-0.1, -0.05) is 17.7 Å². The fraction of sp³-hybridized carbons (Fsp3) is 0.286. The van der Waals surface area contributed by atoms with Gasteiger partial charge in [0.25, 0.3) is 5.91 Å². The second-order valence-electron chi connectivity index (χ2n) is 4.34. The molecule has 5 nitrogen and oxygen atoms in total. The highest BCUT2D eigenvalue weighted by atomic mass is 16.5. The lowest BCUT2D eigenvalue weighted by molar-refractivity contribution is -0.120. The van der Waals surface area contributed by atoms with E-state index in [4.69, 9.17) is 10.5 Å². The van der Waals surface area contributed by atoms with E-state index in [1.807, 2.05) is 19.9 Å². The largest absolute Gasteiger partial charge is 0.484 e. The van der Waals surface area contributed by atoms with Gasteiger partial charge in [-0.05, 0) is 31.5 Å². The van der Waals surface area contributed by atoms with Gasteiger partial charge in [0.05, 0.1) is 0 Å². The lowest BCUT2D eigenvalue weighted by Crippen LogP contribution is -2.21. The highest BCUT2D eigenvalue weighted by molar-refractivity contribution is 5.87. The van der Waals surface area contributed by atoms with Crippen LogP contribution in [-0.2, 0) is 16.1 Å². The van der Waals surface area contributed by atoms with Crippen molar-refractivity contribution in [2.45, 2.75) is 20.4 Å². The Hall–Kier alpha value is -2.30. The summed E-state index contributed by atoms with van der Waals surface area (Å²) in [5, 5.41) is 2.76. The van der Waals surface area contributed by atoms with Crippen molar-refractivity contribution in [3.63, 3.8) is 0 Å². The summed E-state index contributed by atoms with van der Waals surface area (Å²) in [6.07, 6.45) is 1.54. The Morgan fingerprint density at radius 1 is 1.37 bits per heavy atom. The first-order chi connectivity index (χ1) is 8.97. The third-order valence-corrected chi connectivity index (χ3v) is 2.17. The first kappa shape index (κ1) is 14.8. The predicted molar refractivity (Wildman–Crippen MR) is 72.4 cm³/mol. The molecule has 0 aliphatic carbocycles. The van der Waals surface area contributed by atoms with Gasteiger partial charge in [0.15, 0.2) is 6.61 Å². The van der Waals surface area contributed by atoms with Gasteiger partial charge in [0.1, 0.15) is 5.75 Å². The standard InChI is InChI=1S/C14H18N2O3/c1-10(2)6-14(18)16-8-11-4-3-5-12(7-11)19-9-13(15)17/h3-7H,8-9H2,1-2H3,(H2,15,17)(H,16,18). The monoisotopic (exact) mass is 262 g/mol. The van der Waals surface area contributed by atoms with E-state index in [9.17, 15) is 9.59 Å². The molecular formula is C14H18N2O3. The van der Waals surface area contributed by atoms with Crippen LogP contribution in [0.15, 0.2) is 35.9 Å².